The van der Waals surface area contributed by atoms with Crippen LogP contribution in [-0.2, 0) is 4.74 Å². The van der Waals surface area contributed by atoms with Crippen LogP contribution in [0.5, 0.6) is 11.5 Å². The topological polar surface area (TPSA) is 100 Å². The molecule has 0 radical (unpaired) electrons. The van der Waals surface area contributed by atoms with Crippen molar-refractivity contribution >= 4 is 5.91 Å². The van der Waals surface area contributed by atoms with E-state index in [4.69, 9.17) is 14.2 Å². The Bertz CT molecular complexity index is 975. The van der Waals surface area contributed by atoms with Gasteiger partial charge in [0.2, 0.25) is 0 Å². The van der Waals surface area contributed by atoms with E-state index in [1.807, 2.05) is 37.3 Å². The number of nitrogens with zero attached hydrogens (tertiary/aromatic N) is 4. The van der Waals surface area contributed by atoms with Crippen LogP contribution in [0.15, 0.2) is 42.7 Å². The Morgan fingerprint density at radius 1 is 1.07 bits per heavy atom. The highest BCUT2D eigenvalue weighted by Crippen LogP contribution is 2.33. The van der Waals surface area contributed by atoms with Crippen LogP contribution >= 0.6 is 0 Å². The first-order valence-corrected chi connectivity index (χ1v) is 8.96. The molecule has 9 heteroatoms. The maximum atomic E-state index is 12.8. The molecule has 0 bridgehead atoms. The molecule has 0 aliphatic heterocycles. The number of benzene rings is 2. The first-order valence-electron chi connectivity index (χ1n) is 8.96. The Morgan fingerprint density at radius 2 is 1.86 bits per heavy atom. The van der Waals surface area contributed by atoms with Gasteiger partial charge >= 0.3 is 0 Å². The summed E-state index contributed by atoms with van der Waals surface area (Å²) in [5.74, 6) is 1.00. The summed E-state index contributed by atoms with van der Waals surface area (Å²) >= 11 is 0. The lowest BCUT2D eigenvalue weighted by atomic mass is 10.0. The minimum atomic E-state index is -0.216. The van der Waals surface area contributed by atoms with E-state index in [1.165, 1.54) is 11.0 Å². The van der Waals surface area contributed by atoms with Crippen LogP contribution in [0.25, 0.3) is 16.8 Å². The van der Waals surface area contributed by atoms with Crippen molar-refractivity contribution < 1.29 is 19.0 Å². The van der Waals surface area contributed by atoms with Crippen LogP contribution in [0.2, 0.25) is 0 Å². The van der Waals surface area contributed by atoms with E-state index in [0.29, 0.717) is 29.4 Å². The molecule has 3 rings (SSSR count). The molecule has 0 unspecified atom stereocenters. The quantitative estimate of drug-likeness (QED) is 0.621. The van der Waals surface area contributed by atoms with Gasteiger partial charge in [-0.2, -0.15) is 0 Å². The molecule has 1 aromatic heterocycles. The molecular weight excluding hydrogens is 374 g/mol. The zero-order valence-corrected chi connectivity index (χ0v) is 16.7. The molecule has 3 aromatic rings. The smallest absolute Gasteiger partial charge is 0.251 e. The first kappa shape index (κ1) is 20.3. The fourth-order valence-electron chi connectivity index (χ4n) is 2.94. The normalized spacial score (nSPS) is 11.7. The van der Waals surface area contributed by atoms with E-state index in [9.17, 15) is 4.79 Å². The number of hydrogen-bond acceptors (Lipinski definition) is 7. The van der Waals surface area contributed by atoms with Crippen molar-refractivity contribution in [1.82, 2.24) is 25.5 Å². The van der Waals surface area contributed by atoms with Gasteiger partial charge in [0, 0.05) is 18.7 Å². The molecule has 1 heterocycles. The van der Waals surface area contributed by atoms with E-state index in [-0.39, 0.29) is 11.9 Å². The number of methoxy groups -OCH3 is 3. The molecular formula is C20H23N5O4. The molecule has 9 nitrogen and oxygen atoms in total. The second kappa shape index (κ2) is 9.16. The third-order valence-electron chi connectivity index (χ3n) is 4.30. The highest BCUT2D eigenvalue weighted by atomic mass is 16.5. The summed E-state index contributed by atoms with van der Waals surface area (Å²) in [7, 11) is 4.75. The van der Waals surface area contributed by atoms with E-state index < -0.39 is 0 Å². The second-order valence-electron chi connectivity index (χ2n) is 6.42. The molecule has 1 amide bonds. The average Bonchev–Trinajstić information content (AvgIpc) is 3.28. The van der Waals surface area contributed by atoms with Crippen LogP contribution in [0, 0.1) is 0 Å². The summed E-state index contributed by atoms with van der Waals surface area (Å²) < 4.78 is 17.3. The molecule has 29 heavy (non-hydrogen) atoms. The minimum absolute atomic E-state index is 0.131. The van der Waals surface area contributed by atoms with Gasteiger partial charge in [0.05, 0.1) is 26.5 Å². The molecule has 0 saturated carbocycles. The lowest BCUT2D eigenvalue weighted by Crippen LogP contribution is -2.35. The molecule has 2 aromatic carbocycles. The number of amides is 1. The van der Waals surface area contributed by atoms with E-state index in [2.05, 4.69) is 20.8 Å². The van der Waals surface area contributed by atoms with Crippen molar-refractivity contribution in [2.45, 2.75) is 13.0 Å². The molecule has 152 valence electrons. The number of hydrogen-bond donors (Lipinski definition) is 1. The van der Waals surface area contributed by atoms with Gasteiger partial charge in [0.25, 0.3) is 5.91 Å². The van der Waals surface area contributed by atoms with Crippen LogP contribution in [-0.4, -0.2) is 60.1 Å². The maximum Gasteiger partial charge on any atom is 0.251 e. The monoisotopic (exact) mass is 397 g/mol. The largest absolute Gasteiger partial charge is 0.493 e. The van der Waals surface area contributed by atoms with Crippen molar-refractivity contribution in [3.05, 3.63) is 48.3 Å². The second-order valence-corrected chi connectivity index (χ2v) is 6.42. The van der Waals surface area contributed by atoms with Gasteiger partial charge in [-0.15, -0.1) is 5.10 Å². The fraction of sp³-hybridized carbons (Fsp3) is 0.300. The van der Waals surface area contributed by atoms with Gasteiger partial charge in [-0.3, -0.25) is 4.79 Å². The number of rotatable bonds is 8. The fourth-order valence-corrected chi connectivity index (χ4v) is 2.94. The van der Waals surface area contributed by atoms with Gasteiger partial charge in [0.1, 0.15) is 6.33 Å². The summed E-state index contributed by atoms with van der Waals surface area (Å²) in [6, 6.07) is 10.9. The third kappa shape index (κ3) is 4.69. The lowest BCUT2D eigenvalue weighted by Gasteiger charge is -2.15. The Balaban J connectivity index is 2.05. The molecule has 0 spiro atoms. The van der Waals surface area contributed by atoms with E-state index >= 15 is 0 Å². The van der Waals surface area contributed by atoms with Crippen molar-refractivity contribution in [2.24, 2.45) is 0 Å². The summed E-state index contributed by atoms with van der Waals surface area (Å²) in [5.41, 5.74) is 2.80. The van der Waals surface area contributed by atoms with Gasteiger partial charge in [-0.05, 0) is 58.8 Å². The summed E-state index contributed by atoms with van der Waals surface area (Å²) in [6.45, 7) is 2.29. The van der Waals surface area contributed by atoms with E-state index in [1.54, 1.807) is 27.4 Å². The van der Waals surface area contributed by atoms with Gasteiger partial charge in [-0.25, -0.2) is 4.68 Å². The van der Waals surface area contributed by atoms with Crippen LogP contribution in [0.1, 0.15) is 17.3 Å². The predicted octanol–water partition coefficient (Wildman–Crippen LogP) is 2.11. The number of aromatic nitrogens is 4. The molecule has 0 saturated heterocycles. The number of carbonyl (C=O) groups is 1. The Hall–Kier alpha value is -3.46. The van der Waals surface area contributed by atoms with Crippen molar-refractivity contribution in [3.8, 4) is 28.3 Å². The molecule has 1 atom stereocenters. The van der Waals surface area contributed by atoms with Crippen molar-refractivity contribution in [3.63, 3.8) is 0 Å². The number of nitrogens with one attached hydrogen (secondary N) is 1. The number of ether oxygens (including phenoxy) is 3. The SMILES string of the molecule is COC[C@@H](C)NC(=O)c1cc(-c2ccc(OC)c(OC)c2)cc(-n2cnnn2)c1. The molecule has 0 aliphatic carbocycles. The van der Waals surface area contributed by atoms with Crippen LogP contribution in [0.3, 0.4) is 0 Å². The summed E-state index contributed by atoms with van der Waals surface area (Å²) in [5, 5.41) is 14.2. The molecule has 0 fully saturated rings. The Labute approximate surface area is 168 Å². The Kier molecular flexibility index (Phi) is 6.40. The molecule has 0 aliphatic rings. The highest BCUT2D eigenvalue weighted by molar-refractivity contribution is 5.96. The zero-order chi connectivity index (χ0) is 20.8. The van der Waals surface area contributed by atoms with Crippen LogP contribution in [0.4, 0.5) is 0 Å². The predicted molar refractivity (Wildman–Crippen MR) is 106 cm³/mol. The first-order chi connectivity index (χ1) is 14.0. The maximum absolute atomic E-state index is 12.8. The third-order valence-corrected chi connectivity index (χ3v) is 4.30. The minimum Gasteiger partial charge on any atom is -0.493 e. The standard InChI is InChI=1S/C20H23N5O4/c1-13(11-27-2)22-20(26)16-7-15(8-17(9-16)25-12-21-23-24-25)14-5-6-18(28-3)19(10-14)29-4/h5-10,12-13H,11H2,1-4H3,(H,22,26)/t13-/m1/s1. The average molecular weight is 397 g/mol. The van der Waals surface area contributed by atoms with Crippen molar-refractivity contribution in [2.75, 3.05) is 27.9 Å². The number of carbonyl (C=O) groups excluding carboxylic acids is 1. The van der Waals surface area contributed by atoms with Gasteiger partial charge in [-0.1, -0.05) is 6.07 Å². The highest BCUT2D eigenvalue weighted by Gasteiger charge is 2.15. The zero-order valence-electron chi connectivity index (χ0n) is 16.7. The number of tetrazole rings is 1. The van der Waals surface area contributed by atoms with Crippen LogP contribution < -0.4 is 14.8 Å². The molecule has 1 N–H and O–H groups in total. The summed E-state index contributed by atoms with van der Waals surface area (Å²) in [4.78, 5) is 12.8. The van der Waals surface area contributed by atoms with Crippen molar-refractivity contribution in [1.29, 1.82) is 0 Å². The Morgan fingerprint density at radius 3 is 2.52 bits per heavy atom. The summed E-state index contributed by atoms with van der Waals surface area (Å²) in [6.07, 6.45) is 1.48. The van der Waals surface area contributed by atoms with Gasteiger partial charge < -0.3 is 19.5 Å². The lowest BCUT2D eigenvalue weighted by molar-refractivity contribution is 0.0905. The van der Waals surface area contributed by atoms with Gasteiger partial charge in [0.15, 0.2) is 11.5 Å². The van der Waals surface area contributed by atoms with E-state index in [0.717, 1.165) is 11.1 Å².